The van der Waals surface area contributed by atoms with Crippen LogP contribution in [0.25, 0.3) is 0 Å². The van der Waals surface area contributed by atoms with E-state index >= 15 is 0 Å². The first-order chi connectivity index (χ1) is 4.83. The minimum atomic E-state index is 0. The van der Waals surface area contributed by atoms with Gasteiger partial charge in [-0.15, -0.1) is 12.4 Å². The molecule has 1 N–H and O–H groups in total. The topological polar surface area (TPSA) is 12.0 Å². The normalized spacial score (nSPS) is 31.1. The number of rotatable bonds is 2. The van der Waals surface area contributed by atoms with Gasteiger partial charge in [0.25, 0.3) is 0 Å². The number of hydrogen-bond donors (Lipinski definition) is 1. The van der Waals surface area contributed by atoms with Crippen molar-refractivity contribution in [3.05, 3.63) is 0 Å². The van der Waals surface area contributed by atoms with Crippen molar-refractivity contribution in [2.45, 2.75) is 58.0 Å². The Hall–Kier alpha value is 0.250. The predicted molar refractivity (Wildman–Crippen MR) is 52.4 cm³/mol. The van der Waals surface area contributed by atoms with E-state index in [2.05, 4.69) is 19.2 Å². The lowest BCUT2D eigenvalue weighted by molar-refractivity contribution is 0.320. The zero-order chi connectivity index (χ0) is 7.40. The number of nitrogens with one attached hydrogen (secondary N) is 1. The molecule has 1 nitrogen and oxygen atoms in total. The maximum absolute atomic E-state index is 3.62. The van der Waals surface area contributed by atoms with Gasteiger partial charge in [-0.25, -0.2) is 0 Å². The highest BCUT2D eigenvalue weighted by atomic mass is 35.5. The van der Waals surface area contributed by atoms with Gasteiger partial charge in [0.05, 0.1) is 0 Å². The Balaban J connectivity index is 0.000001000. The molecule has 1 aliphatic heterocycles. The molecular formula is C9H20ClN. The Kier molecular flexibility index (Phi) is 5.98. The van der Waals surface area contributed by atoms with Crippen molar-refractivity contribution in [2.75, 3.05) is 0 Å². The number of halogens is 1. The van der Waals surface area contributed by atoms with Crippen molar-refractivity contribution in [1.82, 2.24) is 5.32 Å². The summed E-state index contributed by atoms with van der Waals surface area (Å²) in [7, 11) is 0. The van der Waals surface area contributed by atoms with Crippen LogP contribution in [0.15, 0.2) is 0 Å². The zero-order valence-electron chi connectivity index (χ0n) is 7.60. The summed E-state index contributed by atoms with van der Waals surface area (Å²) in [6.07, 6.45) is 6.89. The molecule has 1 heterocycles. The maximum Gasteiger partial charge on any atom is 0.00694 e. The van der Waals surface area contributed by atoms with E-state index in [0.717, 1.165) is 12.1 Å². The van der Waals surface area contributed by atoms with Gasteiger partial charge in [-0.3, -0.25) is 0 Å². The highest BCUT2D eigenvalue weighted by molar-refractivity contribution is 5.85. The standard InChI is InChI=1S/C9H19N.ClH/c1-3-5-9-7-4-6-8(2)10-9;/h8-10H,3-7H2,1-2H3;1H/t8-,9-;/m1./s1. The van der Waals surface area contributed by atoms with Crippen LogP contribution in [0.2, 0.25) is 0 Å². The molecule has 0 aromatic heterocycles. The highest BCUT2D eigenvalue weighted by Crippen LogP contribution is 2.15. The van der Waals surface area contributed by atoms with Crippen LogP contribution in [-0.4, -0.2) is 12.1 Å². The third-order valence-electron chi connectivity index (χ3n) is 2.35. The molecule has 0 radical (unpaired) electrons. The maximum atomic E-state index is 3.62. The van der Waals surface area contributed by atoms with E-state index in [-0.39, 0.29) is 12.4 Å². The van der Waals surface area contributed by atoms with E-state index in [1.165, 1.54) is 32.1 Å². The van der Waals surface area contributed by atoms with Crippen LogP contribution in [0.1, 0.15) is 46.0 Å². The van der Waals surface area contributed by atoms with Crippen LogP contribution in [-0.2, 0) is 0 Å². The van der Waals surface area contributed by atoms with Crippen LogP contribution in [0.3, 0.4) is 0 Å². The van der Waals surface area contributed by atoms with Gasteiger partial charge < -0.3 is 5.32 Å². The Morgan fingerprint density at radius 3 is 2.64 bits per heavy atom. The fourth-order valence-corrected chi connectivity index (χ4v) is 1.82. The van der Waals surface area contributed by atoms with Crippen molar-refractivity contribution in [2.24, 2.45) is 0 Å². The van der Waals surface area contributed by atoms with Crippen molar-refractivity contribution in [1.29, 1.82) is 0 Å². The smallest absolute Gasteiger partial charge is 0.00694 e. The molecule has 0 aliphatic carbocycles. The first kappa shape index (κ1) is 11.2. The summed E-state index contributed by atoms with van der Waals surface area (Å²) in [4.78, 5) is 0. The summed E-state index contributed by atoms with van der Waals surface area (Å²) in [5.74, 6) is 0. The van der Waals surface area contributed by atoms with Crippen molar-refractivity contribution >= 4 is 12.4 Å². The molecule has 1 rings (SSSR count). The molecular weight excluding hydrogens is 158 g/mol. The van der Waals surface area contributed by atoms with Gasteiger partial charge in [0, 0.05) is 12.1 Å². The summed E-state index contributed by atoms with van der Waals surface area (Å²) in [5.41, 5.74) is 0. The van der Waals surface area contributed by atoms with Crippen LogP contribution < -0.4 is 5.32 Å². The molecule has 68 valence electrons. The van der Waals surface area contributed by atoms with Crippen molar-refractivity contribution in [3.8, 4) is 0 Å². The molecule has 1 fully saturated rings. The van der Waals surface area contributed by atoms with Gasteiger partial charge in [-0.1, -0.05) is 19.8 Å². The lowest BCUT2D eigenvalue weighted by Crippen LogP contribution is -2.40. The van der Waals surface area contributed by atoms with Crippen molar-refractivity contribution < 1.29 is 0 Å². The predicted octanol–water partition coefficient (Wildman–Crippen LogP) is 2.74. The second-order valence-corrected chi connectivity index (χ2v) is 3.48. The lowest BCUT2D eigenvalue weighted by Gasteiger charge is -2.28. The van der Waals surface area contributed by atoms with E-state index in [1.807, 2.05) is 0 Å². The summed E-state index contributed by atoms with van der Waals surface area (Å²) in [6, 6.07) is 1.60. The molecule has 2 atom stereocenters. The molecule has 0 unspecified atom stereocenters. The van der Waals surface area contributed by atoms with E-state index in [9.17, 15) is 0 Å². The summed E-state index contributed by atoms with van der Waals surface area (Å²) >= 11 is 0. The first-order valence-electron chi connectivity index (χ1n) is 4.59. The Bertz CT molecular complexity index is 93.6. The van der Waals surface area contributed by atoms with Gasteiger partial charge in [0.2, 0.25) is 0 Å². The van der Waals surface area contributed by atoms with Gasteiger partial charge in [-0.05, 0) is 26.2 Å². The SMILES string of the molecule is CCC[C@@H]1CCC[C@@H](C)N1.Cl. The minimum absolute atomic E-state index is 0. The highest BCUT2D eigenvalue weighted by Gasteiger charge is 2.15. The molecule has 0 aromatic rings. The monoisotopic (exact) mass is 177 g/mol. The lowest BCUT2D eigenvalue weighted by atomic mass is 9.97. The third kappa shape index (κ3) is 3.97. The van der Waals surface area contributed by atoms with Crippen LogP contribution in [0, 0.1) is 0 Å². The first-order valence-corrected chi connectivity index (χ1v) is 4.59. The van der Waals surface area contributed by atoms with E-state index < -0.39 is 0 Å². The second kappa shape index (κ2) is 5.84. The zero-order valence-corrected chi connectivity index (χ0v) is 8.41. The second-order valence-electron chi connectivity index (χ2n) is 3.48. The van der Waals surface area contributed by atoms with Crippen molar-refractivity contribution in [3.63, 3.8) is 0 Å². The van der Waals surface area contributed by atoms with Gasteiger partial charge >= 0.3 is 0 Å². The Morgan fingerprint density at radius 2 is 2.09 bits per heavy atom. The van der Waals surface area contributed by atoms with Crippen LogP contribution in [0.5, 0.6) is 0 Å². The fraction of sp³-hybridized carbons (Fsp3) is 1.00. The Labute approximate surface area is 76.4 Å². The van der Waals surface area contributed by atoms with Gasteiger partial charge in [0.1, 0.15) is 0 Å². The molecule has 2 heteroatoms. The van der Waals surface area contributed by atoms with Crippen LogP contribution in [0.4, 0.5) is 0 Å². The third-order valence-corrected chi connectivity index (χ3v) is 2.35. The summed E-state index contributed by atoms with van der Waals surface area (Å²) in [5, 5.41) is 3.62. The molecule has 0 bridgehead atoms. The number of piperidine rings is 1. The van der Waals surface area contributed by atoms with Gasteiger partial charge in [0.15, 0.2) is 0 Å². The molecule has 0 spiro atoms. The number of hydrogen-bond acceptors (Lipinski definition) is 1. The molecule has 1 saturated heterocycles. The largest absolute Gasteiger partial charge is 0.312 e. The molecule has 1 aliphatic rings. The molecule has 0 aromatic carbocycles. The molecule has 0 saturated carbocycles. The van der Waals surface area contributed by atoms with E-state index in [1.54, 1.807) is 0 Å². The average molecular weight is 178 g/mol. The van der Waals surface area contributed by atoms with E-state index in [0.29, 0.717) is 0 Å². The quantitative estimate of drug-likeness (QED) is 0.684. The molecule has 0 amide bonds. The van der Waals surface area contributed by atoms with E-state index in [4.69, 9.17) is 0 Å². The minimum Gasteiger partial charge on any atom is -0.312 e. The molecule has 11 heavy (non-hydrogen) atoms. The summed E-state index contributed by atoms with van der Waals surface area (Å²) in [6.45, 7) is 4.56. The van der Waals surface area contributed by atoms with Gasteiger partial charge in [-0.2, -0.15) is 0 Å². The summed E-state index contributed by atoms with van der Waals surface area (Å²) < 4.78 is 0. The fourth-order valence-electron chi connectivity index (χ4n) is 1.82. The average Bonchev–Trinajstić information content (AvgIpc) is 1.88. The van der Waals surface area contributed by atoms with Crippen LogP contribution >= 0.6 is 12.4 Å². The Morgan fingerprint density at radius 1 is 1.36 bits per heavy atom.